The largest absolute Gasteiger partial charge is 0.508 e. The van der Waals surface area contributed by atoms with E-state index in [1.54, 1.807) is 24.3 Å². The van der Waals surface area contributed by atoms with Crippen LogP contribution < -0.4 is 19.7 Å². The Bertz CT molecular complexity index is 1590. The van der Waals surface area contributed by atoms with E-state index in [1.165, 1.54) is 45.6 Å². The minimum Gasteiger partial charge on any atom is -0.508 e. The van der Waals surface area contributed by atoms with Crippen molar-refractivity contribution in [3.05, 3.63) is 82.9 Å². The molecule has 2 saturated heterocycles. The molecule has 224 valence electrons. The lowest BCUT2D eigenvalue weighted by molar-refractivity contribution is -0.148. The summed E-state index contributed by atoms with van der Waals surface area (Å²) in [7, 11) is 3.96. The molecule has 3 aromatic rings. The third-order valence-electron chi connectivity index (χ3n) is 8.34. The topological polar surface area (TPSA) is 152 Å². The van der Waals surface area contributed by atoms with Gasteiger partial charge in [-0.1, -0.05) is 31.2 Å². The van der Waals surface area contributed by atoms with E-state index in [0.717, 1.165) is 16.9 Å². The van der Waals surface area contributed by atoms with Crippen molar-refractivity contribution < 1.29 is 43.6 Å². The highest BCUT2D eigenvalue weighted by atomic mass is 16.5. The summed E-state index contributed by atoms with van der Waals surface area (Å²) < 4.78 is 16.0. The molecule has 11 heteroatoms. The number of nitrogens with zero attached hydrogens (tertiary/aromatic N) is 1. The van der Waals surface area contributed by atoms with E-state index in [1.807, 2.05) is 19.1 Å². The Labute approximate surface area is 248 Å². The molecule has 2 fully saturated rings. The minimum absolute atomic E-state index is 0.0109. The number of rotatable bonds is 9. The molecule has 3 N–H and O–H groups in total. The monoisotopic (exact) mass is 588 g/mol. The summed E-state index contributed by atoms with van der Waals surface area (Å²) in [5.74, 6) is -5.62. The number of hydrogen-bond acceptors (Lipinski definition) is 9. The second-order valence-electron chi connectivity index (χ2n) is 10.6. The lowest BCUT2D eigenvalue weighted by Crippen LogP contribution is -2.57. The van der Waals surface area contributed by atoms with Crippen LogP contribution in [0.4, 0.5) is 5.69 Å². The SMILES string of the molecule is CCc1ccc(N2C(=O)C3C(c4cc(OC)cc(OC)c4C(=O)OC)NC(Cc4ccc(O)cc4)(C(=O)O)C3C2=O)cc1. The van der Waals surface area contributed by atoms with Crippen LogP contribution in [-0.2, 0) is 32.0 Å². The van der Waals surface area contributed by atoms with Gasteiger partial charge in [-0.15, -0.1) is 0 Å². The Morgan fingerprint density at radius 1 is 0.930 bits per heavy atom. The van der Waals surface area contributed by atoms with Crippen molar-refractivity contribution in [3.63, 3.8) is 0 Å². The van der Waals surface area contributed by atoms with E-state index in [9.17, 15) is 29.4 Å². The average molecular weight is 589 g/mol. The van der Waals surface area contributed by atoms with Gasteiger partial charge in [0.1, 0.15) is 28.4 Å². The number of hydrogen-bond donors (Lipinski definition) is 3. The number of methoxy groups -OCH3 is 3. The van der Waals surface area contributed by atoms with Gasteiger partial charge in [-0.3, -0.25) is 19.7 Å². The Morgan fingerprint density at radius 3 is 2.14 bits per heavy atom. The molecule has 0 bridgehead atoms. The number of anilines is 1. The van der Waals surface area contributed by atoms with Crippen molar-refractivity contribution in [2.75, 3.05) is 26.2 Å². The summed E-state index contributed by atoms with van der Waals surface area (Å²) >= 11 is 0. The van der Waals surface area contributed by atoms with Gasteiger partial charge in [0.2, 0.25) is 11.8 Å². The normalized spacial score (nSPS) is 22.8. The maximum Gasteiger partial charge on any atom is 0.341 e. The number of aromatic hydroxyl groups is 1. The Kier molecular flexibility index (Phi) is 7.85. The molecule has 43 heavy (non-hydrogen) atoms. The summed E-state index contributed by atoms with van der Waals surface area (Å²) in [6.45, 7) is 1.98. The lowest BCUT2D eigenvalue weighted by atomic mass is 9.76. The average Bonchev–Trinajstić information content (AvgIpc) is 3.50. The number of ether oxygens (including phenoxy) is 3. The molecule has 0 saturated carbocycles. The maximum absolute atomic E-state index is 14.3. The molecule has 2 aliphatic rings. The first-order chi connectivity index (χ1) is 20.6. The van der Waals surface area contributed by atoms with E-state index in [2.05, 4.69) is 5.32 Å². The van der Waals surface area contributed by atoms with E-state index in [0.29, 0.717) is 11.3 Å². The third-order valence-corrected chi connectivity index (χ3v) is 8.34. The van der Waals surface area contributed by atoms with Crippen LogP contribution in [0.3, 0.4) is 0 Å². The van der Waals surface area contributed by atoms with Crippen LogP contribution in [0.1, 0.15) is 40.0 Å². The number of phenols is 1. The van der Waals surface area contributed by atoms with Gasteiger partial charge in [0.15, 0.2) is 0 Å². The van der Waals surface area contributed by atoms with Crippen molar-refractivity contribution in [2.45, 2.75) is 31.3 Å². The summed E-state index contributed by atoms with van der Waals surface area (Å²) in [6.07, 6.45) is 0.554. The number of carbonyl (C=O) groups excluding carboxylic acids is 3. The number of amides is 2. The standard InChI is InChI=1S/C32H32N2O9/c1-5-17-6-10-19(11-7-17)34-28(36)25-26(29(34)37)32(31(39)40,16-18-8-12-20(35)13-9-18)33-27(25)22-14-21(41-2)15-23(42-3)24(22)30(38)43-4/h6-15,25-27,33,35H,5,16H2,1-4H3,(H,39,40). The van der Waals surface area contributed by atoms with E-state index >= 15 is 0 Å². The number of esters is 1. The summed E-state index contributed by atoms with van der Waals surface area (Å²) in [5.41, 5.74) is 0.0205. The van der Waals surface area contributed by atoms with Crippen molar-refractivity contribution in [1.82, 2.24) is 5.32 Å². The quantitative estimate of drug-likeness (QED) is 0.251. The molecule has 0 radical (unpaired) electrons. The number of carboxylic acids is 1. The van der Waals surface area contributed by atoms with E-state index < -0.39 is 47.2 Å². The Morgan fingerprint density at radius 2 is 1.58 bits per heavy atom. The third kappa shape index (κ3) is 4.85. The van der Waals surface area contributed by atoms with Gasteiger partial charge in [-0.2, -0.15) is 0 Å². The minimum atomic E-state index is -1.97. The molecule has 11 nitrogen and oxygen atoms in total. The van der Waals surface area contributed by atoms with Crippen LogP contribution in [0.15, 0.2) is 60.7 Å². The zero-order valence-electron chi connectivity index (χ0n) is 24.1. The lowest BCUT2D eigenvalue weighted by Gasteiger charge is -2.31. The smallest absolute Gasteiger partial charge is 0.341 e. The first-order valence-corrected chi connectivity index (χ1v) is 13.7. The summed E-state index contributed by atoms with van der Waals surface area (Å²) in [5, 5.41) is 23.7. The molecule has 4 unspecified atom stereocenters. The van der Waals surface area contributed by atoms with Gasteiger partial charge >= 0.3 is 11.9 Å². The van der Waals surface area contributed by atoms with Crippen LogP contribution in [0, 0.1) is 11.8 Å². The van der Waals surface area contributed by atoms with Crippen LogP contribution >= 0.6 is 0 Å². The number of aryl methyl sites for hydroxylation is 1. The number of carbonyl (C=O) groups is 4. The maximum atomic E-state index is 14.3. The van der Waals surface area contributed by atoms with Crippen molar-refractivity contribution in [1.29, 1.82) is 0 Å². The summed E-state index contributed by atoms with van der Waals surface area (Å²) in [4.78, 5) is 55.9. The zero-order chi connectivity index (χ0) is 31.1. The molecule has 2 aliphatic heterocycles. The van der Waals surface area contributed by atoms with Gasteiger partial charge in [0.25, 0.3) is 0 Å². The first kappa shape index (κ1) is 29.6. The highest BCUT2D eigenvalue weighted by molar-refractivity contribution is 6.24. The first-order valence-electron chi connectivity index (χ1n) is 13.7. The van der Waals surface area contributed by atoms with E-state index in [4.69, 9.17) is 14.2 Å². The molecule has 2 heterocycles. The highest BCUT2D eigenvalue weighted by Crippen LogP contribution is 2.52. The Hall–Kier alpha value is -4.90. The Balaban J connectivity index is 1.74. The van der Waals surface area contributed by atoms with Gasteiger partial charge in [-0.05, 0) is 53.4 Å². The number of imide groups is 1. The van der Waals surface area contributed by atoms with Crippen LogP contribution in [0.25, 0.3) is 0 Å². The number of aliphatic carboxylic acids is 1. The second-order valence-corrected chi connectivity index (χ2v) is 10.6. The van der Waals surface area contributed by atoms with Crippen molar-refractivity contribution in [2.24, 2.45) is 11.8 Å². The predicted molar refractivity (Wildman–Crippen MR) is 154 cm³/mol. The molecule has 0 spiro atoms. The number of fused-ring (bicyclic) bond motifs is 1. The zero-order valence-corrected chi connectivity index (χ0v) is 24.1. The second kappa shape index (κ2) is 11.4. The number of benzene rings is 3. The van der Waals surface area contributed by atoms with Crippen LogP contribution in [0.2, 0.25) is 0 Å². The molecule has 0 aliphatic carbocycles. The number of phenolic OH excluding ortho intramolecular Hbond substituents is 1. The fraction of sp³-hybridized carbons (Fsp3) is 0.312. The predicted octanol–water partition coefficient (Wildman–Crippen LogP) is 3.27. The molecule has 4 atom stereocenters. The summed E-state index contributed by atoms with van der Waals surface area (Å²) in [6, 6.07) is 14.7. The van der Waals surface area contributed by atoms with Gasteiger partial charge in [0.05, 0.1) is 38.9 Å². The van der Waals surface area contributed by atoms with Crippen molar-refractivity contribution >= 4 is 29.4 Å². The van der Waals surface area contributed by atoms with Gasteiger partial charge in [-0.25, -0.2) is 9.69 Å². The van der Waals surface area contributed by atoms with Crippen LogP contribution in [-0.4, -0.2) is 60.8 Å². The fourth-order valence-electron chi connectivity index (χ4n) is 6.23. The van der Waals surface area contributed by atoms with Crippen LogP contribution in [0.5, 0.6) is 17.2 Å². The fourth-order valence-corrected chi connectivity index (χ4v) is 6.23. The molecule has 3 aromatic carbocycles. The molecular weight excluding hydrogens is 556 g/mol. The molecular formula is C32H32N2O9. The van der Waals surface area contributed by atoms with E-state index in [-0.39, 0.29) is 34.8 Å². The number of carboxylic acid groups (broad SMARTS) is 1. The van der Waals surface area contributed by atoms with Crippen molar-refractivity contribution in [3.8, 4) is 17.2 Å². The molecule has 2 amide bonds. The molecule has 5 rings (SSSR count). The highest BCUT2D eigenvalue weighted by Gasteiger charge is 2.69. The molecule has 0 aromatic heterocycles. The van der Waals surface area contributed by atoms with Gasteiger partial charge < -0.3 is 24.4 Å². The van der Waals surface area contributed by atoms with Gasteiger partial charge in [0, 0.05) is 18.5 Å². The number of nitrogens with one attached hydrogen (secondary N) is 1.